The Kier molecular flexibility index (Phi) is 10.4. The fourth-order valence-electron chi connectivity index (χ4n) is 4.71. The molecule has 4 rings (SSSR count). The number of nitrogens with zero attached hydrogens (tertiary/aromatic N) is 3. The van der Waals surface area contributed by atoms with E-state index in [0.29, 0.717) is 11.7 Å². The number of anilines is 1. The molecule has 3 N–H and O–H groups in total. The molecule has 2 aromatic heterocycles. The highest BCUT2D eigenvalue weighted by molar-refractivity contribution is 6.01. The monoisotopic (exact) mass is 600 g/mol. The van der Waals surface area contributed by atoms with E-state index in [1.54, 1.807) is 32.4 Å². The Morgan fingerprint density at radius 2 is 1.84 bits per heavy atom. The molecule has 3 amide bonds. The van der Waals surface area contributed by atoms with Crippen LogP contribution in [0.15, 0.2) is 77.7 Å². The number of aromatic nitrogens is 3. The average Bonchev–Trinajstić information content (AvgIpc) is 3.40. The van der Waals surface area contributed by atoms with Crippen LogP contribution in [0.3, 0.4) is 0 Å². The number of aromatic amines is 1. The number of nitrogens with one attached hydrogen (secondary N) is 3. The van der Waals surface area contributed by atoms with Crippen LogP contribution in [0.4, 0.5) is 10.1 Å². The van der Waals surface area contributed by atoms with E-state index in [1.807, 2.05) is 18.2 Å². The lowest BCUT2D eigenvalue weighted by Crippen LogP contribution is -2.44. The van der Waals surface area contributed by atoms with E-state index in [1.165, 1.54) is 39.8 Å². The number of fused-ring (bicyclic) bond motifs is 1. The van der Waals surface area contributed by atoms with Gasteiger partial charge in [-0.15, -0.1) is 0 Å². The number of rotatable bonds is 12. The van der Waals surface area contributed by atoms with Crippen molar-refractivity contribution in [1.82, 2.24) is 24.8 Å². The van der Waals surface area contributed by atoms with E-state index in [0.717, 1.165) is 29.1 Å². The number of hydrogen-bond acceptors (Lipinski definition) is 5. The van der Waals surface area contributed by atoms with Gasteiger partial charge in [0.15, 0.2) is 0 Å². The van der Waals surface area contributed by atoms with Crippen LogP contribution in [0, 0.1) is 11.7 Å². The van der Waals surface area contributed by atoms with Gasteiger partial charge in [0.25, 0.3) is 11.5 Å². The average molecular weight is 601 g/mol. The molecule has 10 nitrogen and oxygen atoms in total. The third-order valence-corrected chi connectivity index (χ3v) is 6.94. The molecule has 4 aromatic rings. The Labute approximate surface area is 255 Å². The van der Waals surface area contributed by atoms with E-state index in [9.17, 15) is 23.6 Å². The quantitative estimate of drug-likeness (QED) is 0.209. The first kappa shape index (κ1) is 31.9. The van der Waals surface area contributed by atoms with Gasteiger partial charge in [-0.05, 0) is 67.2 Å². The first-order chi connectivity index (χ1) is 21.0. The lowest BCUT2D eigenvalue weighted by atomic mass is 10.0. The third-order valence-electron chi connectivity index (χ3n) is 6.94. The maximum Gasteiger partial charge on any atom is 0.274 e. The molecule has 0 spiro atoms. The van der Waals surface area contributed by atoms with Gasteiger partial charge in [0.2, 0.25) is 11.8 Å². The Morgan fingerprint density at radius 3 is 2.57 bits per heavy atom. The number of imidazole rings is 1. The predicted molar refractivity (Wildman–Crippen MR) is 168 cm³/mol. The minimum absolute atomic E-state index is 0.0116. The van der Waals surface area contributed by atoms with Crippen molar-refractivity contribution in [3.05, 3.63) is 106 Å². The number of carbonyl (C=O) groups is 3. The Balaban J connectivity index is 1.53. The van der Waals surface area contributed by atoms with E-state index >= 15 is 0 Å². The first-order valence-corrected chi connectivity index (χ1v) is 14.4. The van der Waals surface area contributed by atoms with Crippen LogP contribution < -0.4 is 16.2 Å². The van der Waals surface area contributed by atoms with Gasteiger partial charge in [-0.3, -0.25) is 19.2 Å². The van der Waals surface area contributed by atoms with Crippen LogP contribution in [-0.2, 0) is 22.6 Å². The SMILES string of the molecule is CC(C)Cc1cccc2[nH]c(Cn3cccc(NC(=O)C(CC/C=C/C(=O)N(C)C)NC(=O)c4ccccc4F)c3=O)nc12. The highest BCUT2D eigenvalue weighted by atomic mass is 19.1. The number of hydrogen-bond donors (Lipinski definition) is 3. The van der Waals surface area contributed by atoms with E-state index < -0.39 is 29.2 Å². The second-order valence-corrected chi connectivity index (χ2v) is 11.2. The van der Waals surface area contributed by atoms with Crippen LogP contribution in [0.2, 0.25) is 0 Å². The van der Waals surface area contributed by atoms with Gasteiger partial charge in [-0.25, -0.2) is 9.37 Å². The summed E-state index contributed by atoms with van der Waals surface area (Å²) in [7, 11) is 3.23. The van der Waals surface area contributed by atoms with Gasteiger partial charge in [0, 0.05) is 20.3 Å². The summed E-state index contributed by atoms with van der Waals surface area (Å²) in [5.74, 6) is -1.33. The normalized spacial score (nSPS) is 12.0. The van der Waals surface area contributed by atoms with Crippen LogP contribution >= 0.6 is 0 Å². The molecule has 0 saturated carbocycles. The molecule has 11 heteroatoms. The summed E-state index contributed by atoms with van der Waals surface area (Å²) >= 11 is 0. The number of para-hydroxylation sites is 1. The molecule has 44 heavy (non-hydrogen) atoms. The van der Waals surface area contributed by atoms with Crippen molar-refractivity contribution in [3.8, 4) is 0 Å². The van der Waals surface area contributed by atoms with Crippen molar-refractivity contribution in [1.29, 1.82) is 0 Å². The highest BCUT2D eigenvalue weighted by Crippen LogP contribution is 2.20. The molecule has 0 radical (unpaired) electrons. The summed E-state index contributed by atoms with van der Waals surface area (Å²) < 4.78 is 15.7. The fourth-order valence-corrected chi connectivity index (χ4v) is 4.71. The number of amides is 3. The van der Waals surface area contributed by atoms with Crippen LogP contribution in [0.1, 0.15) is 48.4 Å². The highest BCUT2D eigenvalue weighted by Gasteiger charge is 2.23. The second-order valence-electron chi connectivity index (χ2n) is 11.2. The van der Waals surface area contributed by atoms with E-state index in [4.69, 9.17) is 4.98 Å². The van der Waals surface area contributed by atoms with Crippen molar-refractivity contribution >= 4 is 34.4 Å². The topological polar surface area (TPSA) is 129 Å². The maximum atomic E-state index is 14.3. The van der Waals surface area contributed by atoms with Gasteiger partial charge in [-0.1, -0.05) is 44.2 Å². The molecule has 0 fully saturated rings. The molecule has 2 aromatic carbocycles. The van der Waals surface area contributed by atoms with Crippen molar-refractivity contribution in [2.24, 2.45) is 5.92 Å². The molecule has 0 saturated heterocycles. The molecule has 0 bridgehead atoms. The minimum Gasteiger partial charge on any atom is -0.345 e. The predicted octanol–water partition coefficient (Wildman–Crippen LogP) is 4.27. The van der Waals surface area contributed by atoms with Gasteiger partial charge in [0.05, 0.1) is 23.1 Å². The molecule has 0 aliphatic heterocycles. The van der Waals surface area contributed by atoms with Crippen molar-refractivity contribution < 1.29 is 18.8 Å². The summed E-state index contributed by atoms with van der Waals surface area (Å²) in [6, 6.07) is 13.4. The molecule has 1 unspecified atom stereocenters. The Hall–Kier alpha value is -5.06. The molecule has 1 atom stereocenters. The second kappa shape index (κ2) is 14.4. The fraction of sp³-hybridized carbons (Fsp3) is 0.303. The Morgan fingerprint density at radius 1 is 1.07 bits per heavy atom. The molecular weight excluding hydrogens is 563 g/mol. The third kappa shape index (κ3) is 8.06. The number of benzene rings is 2. The number of H-pyrrole nitrogens is 1. The zero-order chi connectivity index (χ0) is 31.8. The standard InChI is InChI=1S/C33H37FN6O4/c1-21(2)19-22-11-9-15-25-30(22)38-28(35-25)20-40-18-10-16-27(33(40)44)37-32(43)26(14-7-8-17-29(41)39(3)4)36-31(42)23-12-5-6-13-24(23)34/h5-6,8-13,15-18,21,26H,7,14,19-20H2,1-4H3,(H,35,38)(H,36,42)(H,37,43)/b17-8+. The summed E-state index contributed by atoms with van der Waals surface area (Å²) in [5.41, 5.74) is 2.21. The Bertz CT molecular complexity index is 1740. The number of pyridine rings is 1. The summed E-state index contributed by atoms with van der Waals surface area (Å²) in [6.45, 7) is 4.44. The maximum absolute atomic E-state index is 14.3. The minimum atomic E-state index is -1.12. The van der Waals surface area contributed by atoms with E-state index in [-0.39, 0.29) is 36.5 Å². The number of likely N-dealkylation sites (N-methyl/N-ethyl adjacent to an activating group) is 1. The largest absolute Gasteiger partial charge is 0.345 e. The zero-order valence-corrected chi connectivity index (χ0v) is 25.3. The molecule has 0 aliphatic rings. The first-order valence-electron chi connectivity index (χ1n) is 14.4. The molecule has 2 heterocycles. The summed E-state index contributed by atoms with van der Waals surface area (Å²) in [5, 5.41) is 5.19. The van der Waals surface area contributed by atoms with Gasteiger partial charge in [0.1, 0.15) is 23.4 Å². The molecular formula is C33H37FN6O4. The van der Waals surface area contributed by atoms with Crippen LogP contribution in [0.5, 0.6) is 0 Å². The summed E-state index contributed by atoms with van der Waals surface area (Å²) in [4.78, 5) is 60.9. The lowest BCUT2D eigenvalue weighted by Gasteiger charge is -2.18. The molecule has 230 valence electrons. The number of carbonyl (C=O) groups excluding carboxylic acids is 3. The zero-order valence-electron chi connectivity index (χ0n) is 25.3. The van der Waals surface area contributed by atoms with Crippen molar-refractivity contribution in [2.45, 2.75) is 45.7 Å². The molecule has 0 aliphatic carbocycles. The van der Waals surface area contributed by atoms with E-state index in [2.05, 4.69) is 29.5 Å². The smallest absolute Gasteiger partial charge is 0.274 e. The summed E-state index contributed by atoms with van der Waals surface area (Å²) in [6.07, 6.45) is 5.80. The number of allylic oxidation sites excluding steroid dienone is 1. The lowest BCUT2D eigenvalue weighted by molar-refractivity contribution is -0.123. The van der Waals surface area contributed by atoms with Gasteiger partial charge >= 0.3 is 0 Å². The van der Waals surface area contributed by atoms with Gasteiger partial charge in [-0.2, -0.15) is 0 Å². The van der Waals surface area contributed by atoms with Crippen molar-refractivity contribution in [2.75, 3.05) is 19.4 Å². The number of halogens is 1. The van der Waals surface area contributed by atoms with Gasteiger partial charge < -0.3 is 25.1 Å². The van der Waals surface area contributed by atoms with Crippen LogP contribution in [0.25, 0.3) is 11.0 Å². The van der Waals surface area contributed by atoms with Crippen molar-refractivity contribution in [3.63, 3.8) is 0 Å². The van der Waals surface area contributed by atoms with Crippen LogP contribution in [-0.4, -0.2) is 57.3 Å².